The van der Waals surface area contributed by atoms with E-state index in [-0.39, 0.29) is 35.8 Å². The maximum atomic E-state index is 14.5. The molecule has 9 heteroatoms. The van der Waals surface area contributed by atoms with Crippen LogP contribution >= 0.6 is 7.60 Å². The summed E-state index contributed by atoms with van der Waals surface area (Å²) < 4.78 is 36.6. The van der Waals surface area contributed by atoms with Crippen molar-refractivity contribution in [3.05, 3.63) is 23.0 Å². The molecular formula is C13H21FNO6P. The average molecular weight is 337 g/mol. The summed E-state index contributed by atoms with van der Waals surface area (Å²) in [4.78, 5) is 3.81. The Morgan fingerprint density at radius 2 is 1.91 bits per heavy atom. The second-order valence-corrected chi connectivity index (χ2v) is 6.57. The fraction of sp³-hybridized carbons (Fsp3) is 0.615. The Morgan fingerprint density at radius 1 is 1.36 bits per heavy atom. The van der Waals surface area contributed by atoms with E-state index < -0.39 is 26.2 Å². The van der Waals surface area contributed by atoms with Crippen LogP contribution in [0.15, 0.2) is 6.20 Å². The van der Waals surface area contributed by atoms with Crippen molar-refractivity contribution in [2.45, 2.75) is 39.4 Å². The van der Waals surface area contributed by atoms with Crippen molar-refractivity contribution in [1.29, 1.82) is 0 Å². The number of rotatable bonds is 8. The van der Waals surface area contributed by atoms with Crippen LogP contribution in [-0.4, -0.2) is 39.4 Å². The van der Waals surface area contributed by atoms with E-state index in [2.05, 4.69) is 4.98 Å². The van der Waals surface area contributed by atoms with Gasteiger partial charge in [-0.3, -0.25) is 9.55 Å². The zero-order valence-corrected chi connectivity index (χ0v) is 13.6. The van der Waals surface area contributed by atoms with Crippen LogP contribution in [0.5, 0.6) is 5.75 Å². The van der Waals surface area contributed by atoms with Crippen molar-refractivity contribution in [3.8, 4) is 5.75 Å². The van der Waals surface area contributed by atoms with E-state index in [4.69, 9.17) is 9.05 Å². The Morgan fingerprint density at radius 3 is 2.36 bits per heavy atom. The lowest BCUT2D eigenvalue weighted by molar-refractivity contribution is 0.0857. The lowest BCUT2D eigenvalue weighted by atomic mass is 10.0. The Kier molecular flexibility index (Phi) is 6.90. The summed E-state index contributed by atoms with van der Waals surface area (Å²) in [6, 6.07) is 0. The molecule has 3 N–H and O–H groups in total. The first kappa shape index (κ1) is 19.0. The lowest BCUT2D eigenvalue weighted by Crippen LogP contribution is -2.19. The molecule has 1 aromatic heterocycles. The second-order valence-electron chi connectivity index (χ2n) is 4.48. The van der Waals surface area contributed by atoms with Gasteiger partial charge in [-0.15, -0.1) is 0 Å². The maximum absolute atomic E-state index is 14.5. The fourth-order valence-electron chi connectivity index (χ4n) is 1.94. The van der Waals surface area contributed by atoms with Gasteiger partial charge in [0.2, 0.25) is 5.91 Å². The molecule has 1 rings (SSSR count). The molecule has 0 bridgehead atoms. The summed E-state index contributed by atoms with van der Waals surface area (Å²) in [5.74, 6) is -2.73. The molecule has 0 amide bonds. The highest BCUT2D eigenvalue weighted by atomic mass is 31.2. The average Bonchev–Trinajstić information content (AvgIpc) is 2.48. The Hall–Kier alpha value is -1.05. The minimum atomic E-state index is -4.20. The molecule has 22 heavy (non-hydrogen) atoms. The number of aliphatic hydroxyl groups is 2. The van der Waals surface area contributed by atoms with E-state index in [1.54, 1.807) is 0 Å². The van der Waals surface area contributed by atoms with Gasteiger partial charge in [0, 0.05) is 17.3 Å². The van der Waals surface area contributed by atoms with Crippen LogP contribution in [0.25, 0.3) is 0 Å². The molecule has 7 nitrogen and oxygen atoms in total. The van der Waals surface area contributed by atoms with Crippen LogP contribution in [-0.2, 0) is 20.2 Å². The number of aromatic nitrogens is 1. The van der Waals surface area contributed by atoms with Gasteiger partial charge in [-0.2, -0.15) is 0 Å². The molecule has 126 valence electrons. The van der Waals surface area contributed by atoms with Gasteiger partial charge in [0.1, 0.15) is 11.9 Å². The van der Waals surface area contributed by atoms with Crippen LogP contribution in [0, 0.1) is 6.92 Å². The van der Waals surface area contributed by atoms with Crippen molar-refractivity contribution in [2.24, 2.45) is 0 Å². The Balaban J connectivity index is 3.22. The first-order chi connectivity index (χ1) is 10.3. The molecule has 0 saturated heterocycles. The molecule has 2 unspecified atom stereocenters. The summed E-state index contributed by atoms with van der Waals surface area (Å²) in [5, 5.41) is 29.3. The van der Waals surface area contributed by atoms with E-state index in [1.807, 2.05) is 0 Å². The van der Waals surface area contributed by atoms with Crippen LogP contribution in [0.2, 0.25) is 0 Å². The highest BCUT2D eigenvalue weighted by Crippen LogP contribution is 2.57. The van der Waals surface area contributed by atoms with Crippen LogP contribution in [0.3, 0.4) is 0 Å². The van der Waals surface area contributed by atoms with Crippen LogP contribution in [0.4, 0.5) is 4.39 Å². The molecule has 0 radical (unpaired) electrons. The fourth-order valence-corrected chi connectivity index (χ4v) is 3.53. The third kappa shape index (κ3) is 3.83. The first-order valence-electron chi connectivity index (χ1n) is 6.81. The summed E-state index contributed by atoms with van der Waals surface area (Å²) in [6.45, 7) is 3.76. The van der Waals surface area contributed by atoms with E-state index in [0.717, 1.165) is 6.20 Å². The number of hydrogen-bond acceptors (Lipinski definition) is 7. The summed E-state index contributed by atoms with van der Waals surface area (Å²) in [6.07, 6.45) is -0.815. The number of aromatic hydroxyl groups is 1. The van der Waals surface area contributed by atoms with Crippen molar-refractivity contribution < 1.29 is 33.3 Å². The maximum Gasteiger partial charge on any atom is 0.367 e. The molecule has 0 aromatic carbocycles. The van der Waals surface area contributed by atoms with Crippen molar-refractivity contribution >= 4 is 7.60 Å². The first-order valence-corrected chi connectivity index (χ1v) is 8.42. The SMILES string of the molecule is CCOP(=O)(OCC)C(F)C(O)c1cnc(C)c(O)c1CO. The molecule has 0 saturated carbocycles. The predicted molar refractivity (Wildman–Crippen MR) is 77.3 cm³/mol. The van der Waals surface area contributed by atoms with E-state index in [1.165, 1.54) is 20.8 Å². The molecule has 0 aliphatic carbocycles. The Bertz CT molecular complexity index is 546. The van der Waals surface area contributed by atoms with Gasteiger partial charge >= 0.3 is 7.60 Å². The van der Waals surface area contributed by atoms with E-state index in [0.29, 0.717) is 0 Å². The van der Waals surface area contributed by atoms with Gasteiger partial charge in [0.25, 0.3) is 0 Å². The predicted octanol–water partition coefficient (Wildman–Crippen LogP) is 2.18. The lowest BCUT2D eigenvalue weighted by Gasteiger charge is -2.25. The van der Waals surface area contributed by atoms with E-state index in [9.17, 15) is 24.3 Å². The minimum absolute atomic E-state index is 0.0608. The third-order valence-corrected chi connectivity index (χ3v) is 5.15. The van der Waals surface area contributed by atoms with Gasteiger partial charge in [-0.1, -0.05) is 0 Å². The zero-order chi connectivity index (χ0) is 16.9. The third-order valence-electron chi connectivity index (χ3n) is 3.03. The molecule has 0 fully saturated rings. The largest absolute Gasteiger partial charge is 0.506 e. The van der Waals surface area contributed by atoms with Crippen molar-refractivity contribution in [2.75, 3.05) is 13.2 Å². The highest BCUT2D eigenvalue weighted by Gasteiger charge is 2.43. The van der Waals surface area contributed by atoms with Gasteiger partial charge < -0.3 is 24.4 Å². The number of nitrogens with zero attached hydrogens (tertiary/aromatic N) is 1. The Labute approximate surface area is 128 Å². The molecule has 0 aliphatic rings. The summed E-state index contributed by atoms with van der Waals surface area (Å²) >= 11 is 0. The normalized spacial score (nSPS) is 14.8. The molecular weight excluding hydrogens is 316 g/mol. The number of aliphatic hydroxyl groups excluding tert-OH is 2. The summed E-state index contributed by atoms with van der Waals surface area (Å²) in [5.41, 5.74) is -0.0341. The van der Waals surface area contributed by atoms with Gasteiger partial charge in [0.15, 0.2) is 0 Å². The summed E-state index contributed by atoms with van der Waals surface area (Å²) in [7, 11) is -4.20. The molecule has 0 aliphatic heterocycles. The monoisotopic (exact) mass is 337 g/mol. The molecule has 1 heterocycles. The van der Waals surface area contributed by atoms with Gasteiger partial charge in [-0.25, -0.2) is 4.39 Å². The number of aryl methyl sites for hydroxylation is 1. The topological polar surface area (TPSA) is 109 Å². The van der Waals surface area contributed by atoms with Crippen LogP contribution in [0.1, 0.15) is 36.8 Å². The van der Waals surface area contributed by atoms with Gasteiger partial charge in [0.05, 0.1) is 25.5 Å². The van der Waals surface area contributed by atoms with E-state index >= 15 is 0 Å². The smallest absolute Gasteiger partial charge is 0.367 e. The molecule has 1 aromatic rings. The number of pyridine rings is 1. The standard InChI is InChI=1S/C13H21FNO6P/c1-4-20-22(19,21-5-2)13(14)12(18)9-6-15-8(3)11(17)10(9)7-16/h6,12-13,16-18H,4-5,7H2,1-3H3. The number of hydrogen-bond donors (Lipinski definition) is 3. The molecule has 0 spiro atoms. The minimum Gasteiger partial charge on any atom is -0.506 e. The zero-order valence-electron chi connectivity index (χ0n) is 12.7. The second kappa shape index (κ2) is 7.99. The quantitative estimate of drug-likeness (QED) is 0.624. The molecule has 2 atom stereocenters. The number of halogens is 1. The van der Waals surface area contributed by atoms with Gasteiger partial charge in [-0.05, 0) is 20.8 Å². The van der Waals surface area contributed by atoms with Crippen molar-refractivity contribution in [3.63, 3.8) is 0 Å². The van der Waals surface area contributed by atoms with Crippen molar-refractivity contribution in [1.82, 2.24) is 4.98 Å². The number of alkyl halides is 1. The van der Waals surface area contributed by atoms with Crippen LogP contribution < -0.4 is 0 Å². The highest BCUT2D eigenvalue weighted by molar-refractivity contribution is 7.54.